The maximum atomic E-state index is 12.7. The van der Waals surface area contributed by atoms with Crippen LogP contribution in [-0.2, 0) is 85.5 Å². The number of sulfonamides is 1. The van der Waals surface area contributed by atoms with Crippen LogP contribution in [-0.4, -0.2) is 113 Å². The molecule has 642 valence electrons. The number of allylic oxidation sites excluding steroid dienone is 1. The van der Waals surface area contributed by atoms with Crippen molar-refractivity contribution in [3.05, 3.63) is 303 Å². The zero-order chi connectivity index (χ0) is 84.9. The number of hydrogen-bond donors (Lipinski definition) is 11. The molecule has 0 radical (unpaired) electrons. The Morgan fingerprint density at radius 2 is 1.14 bits per heavy atom. The number of carbonyl (C=O) groups is 4. The van der Waals surface area contributed by atoms with Crippen molar-refractivity contribution in [1.82, 2.24) is 19.8 Å². The highest BCUT2D eigenvalue weighted by Gasteiger charge is 2.28. The highest BCUT2D eigenvalue weighted by atomic mass is 35.5. The average molecular weight is 1720 g/mol. The van der Waals surface area contributed by atoms with Crippen molar-refractivity contribution in [3.8, 4) is 0 Å². The van der Waals surface area contributed by atoms with Crippen molar-refractivity contribution >= 4 is 136 Å². The molecule has 0 spiro atoms. The number of halogens is 1. The van der Waals surface area contributed by atoms with Crippen molar-refractivity contribution in [2.45, 2.75) is 127 Å². The molecule has 123 heavy (non-hydrogen) atoms. The van der Waals surface area contributed by atoms with Gasteiger partial charge >= 0.3 is 17.6 Å². The van der Waals surface area contributed by atoms with Gasteiger partial charge in [0.25, 0.3) is 10.0 Å². The van der Waals surface area contributed by atoms with Gasteiger partial charge in [0.05, 0.1) is 75.9 Å². The number of piperazine rings is 1. The molecule has 18 rings (SSSR count). The molecule has 15 N–H and O–H groups in total. The van der Waals surface area contributed by atoms with E-state index in [1.165, 1.54) is 72.0 Å². The van der Waals surface area contributed by atoms with E-state index in [0.29, 0.717) is 60.3 Å². The first kappa shape index (κ1) is 89.6. The van der Waals surface area contributed by atoms with E-state index in [1.807, 2.05) is 104 Å². The Bertz CT molecular complexity index is 5910. The minimum Gasteiger partial charge on any atom is -0.463 e. The zero-order valence-electron chi connectivity index (χ0n) is 69.4. The van der Waals surface area contributed by atoms with E-state index >= 15 is 0 Å². The number of aromatic amines is 2. The Balaban J connectivity index is 0.000000141. The van der Waals surface area contributed by atoms with E-state index < -0.39 is 15.6 Å². The Labute approximate surface area is 725 Å². The molecule has 29 heteroatoms. The molecule has 11 aromatic rings. The highest BCUT2D eigenvalue weighted by Crippen LogP contribution is 2.38. The number of amides is 1. The molecule has 6 aliphatic heterocycles. The summed E-state index contributed by atoms with van der Waals surface area (Å²) in [6.45, 7) is 29.4. The van der Waals surface area contributed by atoms with Crippen molar-refractivity contribution in [2.75, 3.05) is 90.9 Å². The highest BCUT2D eigenvalue weighted by molar-refractivity contribution is 8.01. The van der Waals surface area contributed by atoms with Crippen LogP contribution in [0.2, 0.25) is 5.02 Å². The number of aromatic nitrogens is 2. The summed E-state index contributed by atoms with van der Waals surface area (Å²) in [7, 11) is -3.74. The molecule has 2 fully saturated rings. The van der Waals surface area contributed by atoms with E-state index in [4.69, 9.17) is 25.5 Å². The molecule has 7 aliphatic rings. The molecule has 0 atom stereocenters. The first-order valence-corrected chi connectivity index (χ1v) is 43.4. The minimum absolute atomic E-state index is 0. The van der Waals surface area contributed by atoms with Gasteiger partial charge in [-0.05, 0) is 213 Å². The first-order valence-electron chi connectivity index (χ1n) is 40.6. The van der Waals surface area contributed by atoms with Crippen LogP contribution in [0.4, 0.5) is 56.9 Å². The van der Waals surface area contributed by atoms with Crippen LogP contribution in [0.5, 0.6) is 0 Å². The molecule has 1 aliphatic carbocycles. The number of esters is 2. The largest absolute Gasteiger partial charge is 0.463 e. The number of nitrogens with one attached hydrogen (secondary N) is 11. The predicted molar refractivity (Wildman–Crippen MR) is 495 cm³/mol. The lowest BCUT2D eigenvalue weighted by Crippen LogP contribution is -2.48. The summed E-state index contributed by atoms with van der Waals surface area (Å²) < 4.78 is 46.9. The van der Waals surface area contributed by atoms with E-state index in [-0.39, 0.29) is 45.2 Å². The van der Waals surface area contributed by atoms with Gasteiger partial charge in [-0.3, -0.25) is 24.0 Å². The van der Waals surface area contributed by atoms with Gasteiger partial charge in [-0.15, -0.1) is 0 Å². The number of para-hydroxylation sites is 1. The summed E-state index contributed by atoms with van der Waals surface area (Å²) in [4.78, 5) is 72.3. The minimum atomic E-state index is -3.74. The van der Waals surface area contributed by atoms with Crippen LogP contribution < -0.4 is 57.3 Å². The van der Waals surface area contributed by atoms with E-state index in [1.54, 1.807) is 73.7 Å². The summed E-state index contributed by atoms with van der Waals surface area (Å²) in [6, 6.07) is 57.9. The summed E-state index contributed by atoms with van der Waals surface area (Å²) in [6.07, 6.45) is 11.3. The van der Waals surface area contributed by atoms with Gasteiger partial charge in [-0.2, -0.15) is 0 Å². The second-order valence-electron chi connectivity index (χ2n) is 31.8. The van der Waals surface area contributed by atoms with Gasteiger partial charge < -0.3 is 86.6 Å². The fourth-order valence-corrected chi connectivity index (χ4v) is 17.6. The maximum Gasteiger partial charge on any atom is 0.338 e. The molecule has 26 nitrogen and oxygen atoms in total. The van der Waals surface area contributed by atoms with Gasteiger partial charge in [0.15, 0.2) is 0 Å². The number of nitrogens with zero attached hydrogens (tertiary/aromatic N) is 3. The monoisotopic (exact) mass is 1720 g/mol. The Kier molecular flexibility index (Phi) is 29.4. The normalized spacial score (nSPS) is 14.6. The molecule has 2 aromatic heterocycles. The number of fused-ring (bicyclic) bond motifs is 7. The summed E-state index contributed by atoms with van der Waals surface area (Å²) in [5, 5.41) is 24.0. The molecule has 1 saturated heterocycles. The van der Waals surface area contributed by atoms with Crippen LogP contribution >= 0.6 is 23.5 Å². The van der Waals surface area contributed by atoms with Gasteiger partial charge in [0, 0.05) is 103 Å². The number of benzene rings is 9. The summed E-state index contributed by atoms with van der Waals surface area (Å²) >= 11 is 7.76. The average Bonchev–Trinajstić information content (AvgIpc) is 1.65. The lowest BCUT2D eigenvalue weighted by molar-refractivity contribution is -0.154. The number of H-pyrrole nitrogens is 2. The van der Waals surface area contributed by atoms with Gasteiger partial charge in [-0.1, -0.05) is 130 Å². The Morgan fingerprint density at radius 1 is 0.569 bits per heavy atom. The quantitative estimate of drug-likeness (QED) is 0.0249. The lowest BCUT2D eigenvalue weighted by Gasteiger charge is -2.35. The third-order valence-corrected chi connectivity index (χ3v) is 23.9. The summed E-state index contributed by atoms with van der Waals surface area (Å²) in [5.41, 5.74) is 21.8. The smallest absolute Gasteiger partial charge is 0.338 e. The van der Waals surface area contributed by atoms with Gasteiger partial charge in [0.2, 0.25) is 5.91 Å². The fraction of sp³-hybridized carbons (Fsp3) is 0.266. The molecular weight excluding hydrogens is 1620 g/mol. The van der Waals surface area contributed by atoms with Crippen LogP contribution in [0, 0.1) is 0 Å². The van der Waals surface area contributed by atoms with Crippen molar-refractivity contribution < 1.29 is 52.4 Å². The zero-order valence-corrected chi connectivity index (χ0v) is 71.7. The van der Waals surface area contributed by atoms with Crippen LogP contribution in [0.3, 0.4) is 0 Å². The molecular formula is C94H105ClN14O12S2. The van der Waals surface area contributed by atoms with E-state index in [0.717, 1.165) is 159 Å². The molecule has 1 amide bonds. The first-order chi connectivity index (χ1) is 58.2. The van der Waals surface area contributed by atoms with Crippen molar-refractivity contribution in [2.24, 2.45) is 0 Å². The van der Waals surface area contributed by atoms with Crippen LogP contribution in [0.15, 0.2) is 252 Å². The van der Waals surface area contributed by atoms with Gasteiger partial charge in [-0.25, -0.2) is 18.0 Å². The predicted octanol–water partition coefficient (Wildman–Crippen LogP) is 16.8. The number of furan rings is 1. The number of Topliss-reactive ketones (excluding diaryl/α,β-unsaturated/α-hetero) is 1. The standard InChI is InChI=1S/C24H28N2O2.C21H23ClN4O.C20H20N2O3.C16H13N3O3S.C13H17N3OS.2H2O/c1-16-11-20-13-18(5-7-21(20)25-16)15-26-10-9-19-12-17(6-8-22(19)26)14-23(27)28-24(2,3)4;1-15-23-19-7-4-17(12-20(19)24-15)13-21(27)26-10-8-25(9-11-26)14-16-2-5-18(22)6-3-16;1-3-25-20(24)16-7-4-14(5-8-16)10-17(23)11-15-6-9-18-19(12-15)22-13(2)21-18;1-10-17-13-7-6-11(8-14(13)18-10)19-23(20,21)16-9-22-15-5-3-2-4-12(15)16;17-13-14-11-7-6-9(8-12(11)15-13)16-18-10-4-2-1-3-5-10;;/h5-8,12-13,25H,1,9-11,14-15H2,2-4H3;2-7,12,23-24H,1,8-11,13-14H2;4-9,12,21-22H,2-3,10-11H2,1H3;2-9,17-19H,1H2;6-8,10,16H,1-5H2,(H2,14,15,17);2*1H2. The lowest BCUT2D eigenvalue weighted by atomic mass is 10.0. The van der Waals surface area contributed by atoms with Crippen LogP contribution in [0.25, 0.3) is 22.0 Å². The third kappa shape index (κ3) is 24.1. The molecule has 9 aromatic carbocycles. The third-order valence-electron chi connectivity index (χ3n) is 21.1. The number of ketones is 1. The van der Waals surface area contributed by atoms with Crippen LogP contribution in [0.1, 0.15) is 115 Å². The van der Waals surface area contributed by atoms with Crippen molar-refractivity contribution in [3.63, 3.8) is 0 Å². The molecule has 8 heterocycles. The second kappa shape index (κ2) is 40.3. The van der Waals surface area contributed by atoms with Gasteiger partial charge in [0.1, 0.15) is 45.6 Å². The second-order valence-corrected chi connectivity index (χ2v) is 35.0. The molecule has 0 unspecified atom stereocenters. The topological polar surface area (TPSA) is 364 Å². The number of rotatable bonds is 20. The number of anilines is 10. The number of imidazole rings is 1. The Hall–Kier alpha value is -12.7. The fourth-order valence-electron chi connectivity index (χ4n) is 15.3. The van der Waals surface area contributed by atoms with E-state index in [2.05, 4.69) is 141 Å². The number of ether oxygens (including phenoxy) is 2. The summed E-state index contributed by atoms with van der Waals surface area (Å²) in [5.74, 6) is 1.95. The number of carbonyl (C=O) groups excluding carboxylic acids is 4. The van der Waals surface area contributed by atoms with Crippen molar-refractivity contribution in [1.29, 1.82) is 0 Å². The SMILES string of the molecule is C=C1Cc2cc(CN3CCc4cc(CC(=O)OC(C)(C)C)ccc43)ccc2N1.C=C1Nc2ccc(CC(=O)Cc3ccc(C(=O)OCC)cc3)cc2N1.C=C1Nc2ccc(CC(=O)N3CCN(Cc4ccc(Cl)cc4)CC3)cc2N1.C=C1Nc2ccc(NS(=O)(=O)c3coc4ccccc34)cc2N1.O.O.O=c1[nH]c2ccc(NSC3CCCCC3)cc2[nH]1. The Morgan fingerprint density at radius 3 is 1.81 bits per heavy atom. The van der Waals surface area contributed by atoms with E-state index in [9.17, 15) is 32.4 Å². The molecule has 1 saturated carbocycles. The number of hydrogen-bond acceptors (Lipinski definition) is 21. The maximum absolute atomic E-state index is 12.7. The molecule has 0 bridgehead atoms.